The lowest BCUT2D eigenvalue weighted by Crippen LogP contribution is -2.08. The van der Waals surface area contributed by atoms with Crippen LogP contribution in [0.1, 0.15) is 12.6 Å². The van der Waals surface area contributed by atoms with Gasteiger partial charge in [0, 0.05) is 17.1 Å². The maximum absolute atomic E-state index is 11.6. The molecule has 0 saturated carbocycles. The van der Waals surface area contributed by atoms with Gasteiger partial charge in [-0.15, -0.1) is 0 Å². The van der Waals surface area contributed by atoms with Crippen molar-refractivity contribution in [1.29, 1.82) is 0 Å². The zero-order valence-electron chi connectivity index (χ0n) is 14.6. The van der Waals surface area contributed by atoms with Gasteiger partial charge in [-0.25, -0.2) is 4.98 Å². The van der Waals surface area contributed by atoms with Crippen LogP contribution in [0, 0.1) is 11.8 Å². The lowest BCUT2D eigenvalue weighted by atomic mass is 10.2. The summed E-state index contributed by atoms with van der Waals surface area (Å²) < 4.78 is 11.2. The Morgan fingerprint density at radius 2 is 1.96 bits per heavy atom. The second-order valence-electron chi connectivity index (χ2n) is 5.48. The Hall–Kier alpha value is -3.52. The molecule has 0 aliphatic rings. The number of pyridine rings is 1. The molecule has 3 aromatic rings. The van der Waals surface area contributed by atoms with E-state index in [1.54, 1.807) is 32.2 Å². The lowest BCUT2D eigenvalue weighted by molar-refractivity contribution is -0.111. The number of ether oxygens (including phenoxy) is 2. The summed E-state index contributed by atoms with van der Waals surface area (Å²) in [6, 6.07) is 17.0. The van der Waals surface area contributed by atoms with E-state index in [2.05, 4.69) is 22.1 Å². The summed E-state index contributed by atoms with van der Waals surface area (Å²) in [4.78, 5) is 16.2. The predicted octanol–water partition coefficient (Wildman–Crippen LogP) is 3.78. The zero-order chi connectivity index (χ0) is 18.4. The third kappa shape index (κ3) is 4.11. The van der Waals surface area contributed by atoms with Crippen LogP contribution in [0.3, 0.4) is 0 Å². The molecule has 1 heterocycles. The molecule has 5 nitrogen and oxygen atoms in total. The lowest BCUT2D eigenvalue weighted by Gasteiger charge is -2.12. The van der Waals surface area contributed by atoms with Gasteiger partial charge in [-0.1, -0.05) is 30.2 Å². The second kappa shape index (κ2) is 8.04. The SMILES string of the molecule is CC#CC(=O)Nc1ccc(OC)c(OCc2ccc3ccccc3n2)c1. The van der Waals surface area contributed by atoms with Crippen LogP contribution in [0.15, 0.2) is 54.6 Å². The van der Waals surface area contributed by atoms with Crippen molar-refractivity contribution in [2.75, 3.05) is 12.4 Å². The van der Waals surface area contributed by atoms with Crippen LogP contribution in [0.2, 0.25) is 0 Å². The number of hydrogen-bond acceptors (Lipinski definition) is 4. The van der Waals surface area contributed by atoms with E-state index in [4.69, 9.17) is 9.47 Å². The topological polar surface area (TPSA) is 60.5 Å². The van der Waals surface area contributed by atoms with Gasteiger partial charge in [-0.05, 0) is 37.1 Å². The van der Waals surface area contributed by atoms with E-state index in [1.807, 2.05) is 36.4 Å². The summed E-state index contributed by atoms with van der Waals surface area (Å²) >= 11 is 0. The molecule has 26 heavy (non-hydrogen) atoms. The first-order valence-electron chi connectivity index (χ1n) is 8.09. The molecule has 1 aromatic heterocycles. The van der Waals surface area contributed by atoms with E-state index in [0.29, 0.717) is 17.2 Å². The minimum atomic E-state index is -0.375. The maximum Gasteiger partial charge on any atom is 0.300 e. The van der Waals surface area contributed by atoms with Crippen molar-refractivity contribution in [3.05, 3.63) is 60.3 Å². The number of aromatic nitrogens is 1. The van der Waals surface area contributed by atoms with E-state index >= 15 is 0 Å². The summed E-state index contributed by atoms with van der Waals surface area (Å²) in [7, 11) is 1.57. The van der Waals surface area contributed by atoms with E-state index in [-0.39, 0.29) is 12.5 Å². The Morgan fingerprint density at radius 3 is 2.77 bits per heavy atom. The van der Waals surface area contributed by atoms with Gasteiger partial charge in [-0.3, -0.25) is 4.79 Å². The Bertz CT molecular complexity index is 1000. The Balaban J connectivity index is 1.78. The number of carbonyl (C=O) groups is 1. The van der Waals surface area contributed by atoms with E-state index in [0.717, 1.165) is 16.6 Å². The third-order valence-corrected chi connectivity index (χ3v) is 3.69. The summed E-state index contributed by atoms with van der Waals surface area (Å²) in [6.45, 7) is 1.89. The number of benzene rings is 2. The molecule has 0 bridgehead atoms. The Morgan fingerprint density at radius 1 is 1.12 bits per heavy atom. The van der Waals surface area contributed by atoms with E-state index in [1.165, 1.54) is 0 Å². The minimum Gasteiger partial charge on any atom is -0.493 e. The number of fused-ring (bicyclic) bond motifs is 1. The fourth-order valence-electron chi connectivity index (χ4n) is 2.48. The fraction of sp³-hybridized carbons (Fsp3) is 0.143. The van der Waals surface area contributed by atoms with Gasteiger partial charge in [0.25, 0.3) is 5.91 Å². The molecule has 0 aliphatic carbocycles. The highest BCUT2D eigenvalue weighted by Gasteiger charge is 2.08. The molecule has 2 aromatic carbocycles. The van der Waals surface area contributed by atoms with Crippen molar-refractivity contribution in [1.82, 2.24) is 4.98 Å². The van der Waals surface area contributed by atoms with Crippen LogP contribution in [-0.4, -0.2) is 18.0 Å². The van der Waals surface area contributed by atoms with Crippen molar-refractivity contribution < 1.29 is 14.3 Å². The van der Waals surface area contributed by atoms with Crippen molar-refractivity contribution in [3.8, 4) is 23.3 Å². The van der Waals surface area contributed by atoms with Crippen LogP contribution >= 0.6 is 0 Å². The molecule has 0 saturated heterocycles. The molecule has 0 aliphatic heterocycles. The molecule has 3 rings (SSSR count). The van der Waals surface area contributed by atoms with Gasteiger partial charge in [-0.2, -0.15) is 0 Å². The smallest absolute Gasteiger partial charge is 0.300 e. The van der Waals surface area contributed by atoms with E-state index in [9.17, 15) is 4.79 Å². The molecule has 130 valence electrons. The summed E-state index contributed by atoms with van der Waals surface area (Å²) in [5.41, 5.74) is 2.30. The highest BCUT2D eigenvalue weighted by molar-refractivity contribution is 6.04. The molecule has 0 spiro atoms. The summed E-state index contributed by atoms with van der Waals surface area (Å²) in [6.07, 6.45) is 0. The first-order chi connectivity index (χ1) is 12.7. The molecule has 0 unspecified atom stereocenters. The average molecular weight is 346 g/mol. The number of para-hydroxylation sites is 1. The van der Waals surface area contributed by atoms with Crippen LogP contribution in [0.25, 0.3) is 10.9 Å². The summed E-state index contributed by atoms with van der Waals surface area (Å²) in [5, 5.41) is 3.77. The van der Waals surface area contributed by atoms with Crippen LogP contribution < -0.4 is 14.8 Å². The average Bonchev–Trinajstić information content (AvgIpc) is 2.66. The molecule has 1 N–H and O–H groups in total. The molecule has 0 atom stereocenters. The minimum absolute atomic E-state index is 0.285. The molecular formula is C21H18N2O3. The van der Waals surface area contributed by atoms with Crippen molar-refractivity contribution in [2.24, 2.45) is 0 Å². The first kappa shape index (κ1) is 17.3. The second-order valence-corrected chi connectivity index (χ2v) is 5.48. The van der Waals surface area contributed by atoms with Gasteiger partial charge >= 0.3 is 0 Å². The number of carbonyl (C=O) groups excluding carboxylic acids is 1. The molecule has 0 fully saturated rings. The van der Waals surface area contributed by atoms with Gasteiger partial charge in [0.05, 0.1) is 18.3 Å². The zero-order valence-corrected chi connectivity index (χ0v) is 14.6. The Labute approximate surface area is 152 Å². The highest BCUT2D eigenvalue weighted by Crippen LogP contribution is 2.31. The number of anilines is 1. The number of nitrogens with one attached hydrogen (secondary N) is 1. The maximum atomic E-state index is 11.6. The molecule has 5 heteroatoms. The number of hydrogen-bond donors (Lipinski definition) is 1. The molecular weight excluding hydrogens is 328 g/mol. The highest BCUT2D eigenvalue weighted by atomic mass is 16.5. The first-order valence-corrected chi connectivity index (χ1v) is 8.09. The molecule has 0 radical (unpaired) electrons. The standard InChI is InChI=1S/C21H18N2O3/c1-3-6-21(24)23-16-11-12-19(25-2)20(13-16)26-14-17-10-9-15-7-4-5-8-18(15)22-17/h4-5,7-13H,14H2,1-2H3,(H,23,24). The number of amides is 1. The van der Waals surface area contributed by atoms with Crippen molar-refractivity contribution in [3.63, 3.8) is 0 Å². The van der Waals surface area contributed by atoms with Crippen molar-refractivity contribution in [2.45, 2.75) is 13.5 Å². The van der Waals surface area contributed by atoms with Gasteiger partial charge < -0.3 is 14.8 Å². The predicted molar refractivity (Wildman–Crippen MR) is 101 cm³/mol. The van der Waals surface area contributed by atoms with Crippen LogP contribution in [0.4, 0.5) is 5.69 Å². The van der Waals surface area contributed by atoms with Gasteiger partial charge in [0.2, 0.25) is 0 Å². The summed E-state index contributed by atoms with van der Waals surface area (Å²) in [5.74, 6) is 5.71. The normalized spacial score (nSPS) is 9.92. The number of nitrogens with zero attached hydrogens (tertiary/aromatic N) is 1. The van der Waals surface area contributed by atoms with Crippen molar-refractivity contribution >= 4 is 22.5 Å². The Kier molecular flexibility index (Phi) is 5.35. The van der Waals surface area contributed by atoms with E-state index < -0.39 is 0 Å². The quantitative estimate of drug-likeness (QED) is 0.714. The van der Waals surface area contributed by atoms with Crippen LogP contribution in [0.5, 0.6) is 11.5 Å². The largest absolute Gasteiger partial charge is 0.493 e. The van der Waals surface area contributed by atoms with Crippen LogP contribution in [-0.2, 0) is 11.4 Å². The molecule has 1 amide bonds. The van der Waals surface area contributed by atoms with Gasteiger partial charge in [0.1, 0.15) is 6.61 Å². The number of methoxy groups -OCH3 is 1. The number of rotatable bonds is 5. The third-order valence-electron chi connectivity index (χ3n) is 3.69. The monoisotopic (exact) mass is 346 g/mol. The van der Waals surface area contributed by atoms with Gasteiger partial charge in [0.15, 0.2) is 11.5 Å². The fourth-order valence-corrected chi connectivity index (χ4v) is 2.48.